The maximum atomic E-state index is 9.44. The quantitative estimate of drug-likeness (QED) is 0.301. The van der Waals surface area contributed by atoms with Gasteiger partial charge in [0, 0.05) is 5.56 Å². The van der Waals surface area contributed by atoms with Gasteiger partial charge in [-0.3, -0.25) is 5.32 Å². The van der Waals surface area contributed by atoms with E-state index in [0.717, 1.165) is 0 Å². The highest BCUT2D eigenvalue weighted by molar-refractivity contribution is 6.32. The molecule has 1 unspecified atom stereocenters. The molecule has 1 aromatic carbocycles. The van der Waals surface area contributed by atoms with Crippen molar-refractivity contribution in [2.75, 3.05) is 30.0 Å². The second-order valence-corrected chi connectivity index (χ2v) is 6.67. The van der Waals surface area contributed by atoms with E-state index in [9.17, 15) is 5.26 Å². The Morgan fingerprint density at radius 3 is 2.77 bits per heavy atom. The Morgan fingerprint density at radius 1 is 1.35 bits per heavy atom. The lowest BCUT2D eigenvalue weighted by atomic mass is 9.95. The number of rotatable bonds is 6. The van der Waals surface area contributed by atoms with Gasteiger partial charge in [-0.2, -0.15) is 10.5 Å². The molecular weight excluding hydrogens is 420 g/mol. The molecular formula is C20H19ClN8O2. The van der Waals surface area contributed by atoms with Crippen molar-refractivity contribution < 1.29 is 9.47 Å². The summed E-state index contributed by atoms with van der Waals surface area (Å²) in [5, 5.41) is 24.1. The van der Waals surface area contributed by atoms with Gasteiger partial charge in [0.25, 0.3) is 0 Å². The van der Waals surface area contributed by atoms with Crippen LogP contribution >= 0.6 is 11.6 Å². The number of pyridine rings is 1. The molecule has 3 rings (SSSR count). The van der Waals surface area contributed by atoms with Gasteiger partial charge in [0.2, 0.25) is 5.96 Å². The van der Waals surface area contributed by atoms with E-state index >= 15 is 0 Å². The topological polar surface area (TPSA) is 167 Å². The molecule has 1 atom stereocenters. The Morgan fingerprint density at radius 2 is 2.13 bits per heavy atom. The minimum absolute atomic E-state index is 0.0376. The molecule has 2 heterocycles. The summed E-state index contributed by atoms with van der Waals surface area (Å²) in [7, 11) is 0. The van der Waals surface area contributed by atoms with Crippen LogP contribution in [0.2, 0.25) is 5.02 Å². The normalized spacial score (nSPS) is 14.2. The van der Waals surface area contributed by atoms with Crippen molar-refractivity contribution in [3.63, 3.8) is 0 Å². The first kappa shape index (κ1) is 21.6. The monoisotopic (exact) mass is 438 g/mol. The fourth-order valence-corrected chi connectivity index (χ4v) is 3.39. The van der Waals surface area contributed by atoms with Crippen molar-refractivity contribution in [2.45, 2.75) is 13.0 Å². The lowest BCUT2D eigenvalue weighted by Crippen LogP contribution is -2.32. The number of hydrogen-bond acceptors (Lipinski definition) is 10. The third-order valence-electron chi connectivity index (χ3n) is 4.35. The van der Waals surface area contributed by atoms with E-state index in [1.165, 1.54) is 0 Å². The number of benzene rings is 1. The zero-order valence-electron chi connectivity index (χ0n) is 16.6. The van der Waals surface area contributed by atoms with Crippen molar-refractivity contribution in [3.8, 4) is 23.8 Å². The number of aliphatic imine (C=N–C) groups is 1. The average molecular weight is 439 g/mol. The fourth-order valence-electron chi connectivity index (χ4n) is 3.11. The maximum absolute atomic E-state index is 9.44. The molecule has 0 fully saturated rings. The van der Waals surface area contributed by atoms with E-state index in [2.05, 4.69) is 27.2 Å². The van der Waals surface area contributed by atoms with Gasteiger partial charge in [0.05, 0.1) is 17.3 Å². The average Bonchev–Trinajstić information content (AvgIpc) is 2.73. The molecule has 0 radical (unpaired) electrons. The Kier molecular flexibility index (Phi) is 6.34. The summed E-state index contributed by atoms with van der Waals surface area (Å²) in [6.45, 7) is 6.07. The van der Waals surface area contributed by atoms with E-state index in [-0.39, 0.29) is 40.5 Å². The lowest BCUT2D eigenvalue weighted by molar-refractivity contribution is 0.296. The molecule has 158 valence electrons. The van der Waals surface area contributed by atoms with Gasteiger partial charge in [0.15, 0.2) is 17.7 Å². The molecule has 1 aliphatic rings. The van der Waals surface area contributed by atoms with Crippen LogP contribution in [0.1, 0.15) is 29.7 Å². The van der Waals surface area contributed by atoms with Crippen molar-refractivity contribution in [1.82, 2.24) is 10.3 Å². The highest BCUT2D eigenvalue weighted by Crippen LogP contribution is 2.45. The number of ether oxygens (including phenoxy) is 2. The van der Waals surface area contributed by atoms with E-state index < -0.39 is 6.04 Å². The highest BCUT2D eigenvalue weighted by atomic mass is 35.5. The minimum Gasteiger partial charge on any atom is -0.490 e. The summed E-state index contributed by atoms with van der Waals surface area (Å²) >= 11 is 6.48. The van der Waals surface area contributed by atoms with Gasteiger partial charge >= 0.3 is 0 Å². The number of nitriles is 2. The number of hydrogen-bond donors (Lipinski definition) is 4. The van der Waals surface area contributed by atoms with Crippen LogP contribution in [0, 0.1) is 22.8 Å². The van der Waals surface area contributed by atoms with Gasteiger partial charge in [-0.25, -0.2) is 9.98 Å². The van der Waals surface area contributed by atoms with Crippen LogP contribution in [0.25, 0.3) is 0 Å². The first-order valence-corrected chi connectivity index (χ1v) is 9.51. The van der Waals surface area contributed by atoms with Crippen LogP contribution in [0.3, 0.4) is 0 Å². The Bertz CT molecular complexity index is 1150. The summed E-state index contributed by atoms with van der Waals surface area (Å²) < 4.78 is 11.3. The summed E-state index contributed by atoms with van der Waals surface area (Å²) in [5.41, 5.74) is 13.3. The molecule has 0 saturated carbocycles. The zero-order chi connectivity index (χ0) is 22.5. The van der Waals surface area contributed by atoms with E-state index in [0.29, 0.717) is 29.2 Å². The van der Waals surface area contributed by atoms with Crippen LogP contribution in [-0.2, 0) is 0 Å². The van der Waals surface area contributed by atoms with Crippen LogP contribution in [0.15, 0.2) is 29.8 Å². The highest BCUT2D eigenvalue weighted by Gasteiger charge is 2.31. The zero-order valence-corrected chi connectivity index (χ0v) is 17.3. The molecule has 11 heteroatoms. The fraction of sp³-hybridized carbons (Fsp3) is 0.200. The van der Waals surface area contributed by atoms with Crippen molar-refractivity contribution in [1.29, 1.82) is 10.5 Å². The SMILES string of the molecule is C=CCOc1c(Cl)cc(C2N=C(NC#N)Nc3nc(N)c(C#N)c(N)c32)cc1OCC. The Labute approximate surface area is 183 Å². The molecule has 2 aromatic rings. The number of nitrogens with two attached hydrogens (primary N) is 2. The van der Waals surface area contributed by atoms with Crippen LogP contribution in [0.4, 0.5) is 17.3 Å². The van der Waals surface area contributed by atoms with Crippen LogP contribution in [-0.4, -0.2) is 24.2 Å². The first-order chi connectivity index (χ1) is 14.9. The molecule has 6 N–H and O–H groups in total. The van der Waals surface area contributed by atoms with Gasteiger partial charge in [0.1, 0.15) is 35.9 Å². The number of nitrogens with one attached hydrogen (secondary N) is 2. The molecule has 0 amide bonds. The summed E-state index contributed by atoms with van der Waals surface area (Å²) in [6, 6.07) is 4.57. The summed E-state index contributed by atoms with van der Waals surface area (Å²) in [5.74, 6) is 1.13. The number of nitrogen functional groups attached to an aromatic ring is 2. The molecule has 31 heavy (non-hydrogen) atoms. The van der Waals surface area contributed by atoms with Gasteiger partial charge in [-0.1, -0.05) is 24.3 Å². The molecule has 0 bridgehead atoms. The number of guanidine groups is 1. The number of nitrogens with zero attached hydrogens (tertiary/aromatic N) is 4. The van der Waals surface area contributed by atoms with E-state index in [1.54, 1.807) is 24.4 Å². The third kappa shape index (κ3) is 4.10. The maximum Gasteiger partial charge on any atom is 0.211 e. The second kappa shape index (κ2) is 9.11. The summed E-state index contributed by atoms with van der Waals surface area (Å²) in [4.78, 5) is 8.74. The van der Waals surface area contributed by atoms with Crippen molar-refractivity contribution in [2.24, 2.45) is 4.99 Å². The molecule has 0 saturated heterocycles. The predicted molar refractivity (Wildman–Crippen MR) is 118 cm³/mol. The smallest absolute Gasteiger partial charge is 0.211 e. The van der Waals surface area contributed by atoms with E-state index in [1.807, 2.05) is 13.0 Å². The van der Waals surface area contributed by atoms with Crippen molar-refractivity contribution >= 4 is 34.9 Å². The molecule has 0 aliphatic carbocycles. The molecule has 1 aliphatic heterocycles. The summed E-state index contributed by atoms with van der Waals surface area (Å²) in [6.07, 6.45) is 3.39. The minimum atomic E-state index is -0.752. The van der Waals surface area contributed by atoms with Crippen LogP contribution < -0.4 is 31.6 Å². The van der Waals surface area contributed by atoms with Gasteiger partial charge in [-0.15, -0.1) is 0 Å². The largest absolute Gasteiger partial charge is 0.490 e. The number of anilines is 3. The first-order valence-electron chi connectivity index (χ1n) is 9.13. The number of fused-ring (bicyclic) bond motifs is 1. The lowest BCUT2D eigenvalue weighted by Gasteiger charge is -2.27. The van der Waals surface area contributed by atoms with Gasteiger partial charge < -0.3 is 26.3 Å². The van der Waals surface area contributed by atoms with Crippen molar-refractivity contribution in [3.05, 3.63) is 46.5 Å². The van der Waals surface area contributed by atoms with Gasteiger partial charge in [-0.05, 0) is 24.6 Å². The molecule has 10 nitrogen and oxygen atoms in total. The van der Waals surface area contributed by atoms with Crippen LogP contribution in [0.5, 0.6) is 11.5 Å². The second-order valence-electron chi connectivity index (χ2n) is 6.26. The predicted octanol–water partition coefficient (Wildman–Crippen LogP) is 2.68. The molecule has 0 spiro atoms. The standard InChI is InChI=1S/C20H19ClN8O2/c1-3-5-31-17-12(21)6-10(7-13(17)30-4-2)16-14-15(24)11(8-22)18(25)28-19(14)29-20(27-16)26-9-23/h3,6-7,16H,1,4-5H2,2H3,(H6,24,25,26,27,28,29). The van der Waals surface area contributed by atoms with E-state index in [4.69, 9.17) is 37.8 Å². The number of halogens is 1. The number of aromatic nitrogens is 1. The Balaban J connectivity index is 2.23. The molecule has 1 aromatic heterocycles. The third-order valence-corrected chi connectivity index (χ3v) is 4.63. The Hall–Kier alpha value is -4.15.